The zero-order valence-corrected chi connectivity index (χ0v) is 16.1. The zero-order chi connectivity index (χ0) is 20.1. The second-order valence-electron chi connectivity index (χ2n) is 7.25. The van der Waals surface area contributed by atoms with E-state index in [9.17, 15) is 9.18 Å². The van der Waals surface area contributed by atoms with Crippen molar-refractivity contribution in [2.45, 2.75) is 25.2 Å². The number of halogens is 1. The van der Waals surface area contributed by atoms with Gasteiger partial charge < -0.3 is 14.1 Å². The SMILES string of the molecule is O=C(COc1ccccc1)N1CCC[C@@H](c2ncc(Cc3cccc(F)c3)o2)C1. The highest BCUT2D eigenvalue weighted by Gasteiger charge is 2.28. The molecule has 1 saturated heterocycles. The monoisotopic (exact) mass is 394 g/mol. The molecular weight excluding hydrogens is 371 g/mol. The Morgan fingerprint density at radius 2 is 2.07 bits per heavy atom. The fraction of sp³-hybridized carbons (Fsp3) is 0.304. The summed E-state index contributed by atoms with van der Waals surface area (Å²) < 4.78 is 24.9. The molecule has 0 saturated carbocycles. The molecule has 1 aliphatic rings. The molecule has 150 valence electrons. The number of piperidine rings is 1. The van der Waals surface area contributed by atoms with Gasteiger partial charge in [-0.05, 0) is 42.7 Å². The van der Waals surface area contributed by atoms with E-state index in [1.54, 1.807) is 12.3 Å². The smallest absolute Gasteiger partial charge is 0.260 e. The van der Waals surface area contributed by atoms with Gasteiger partial charge in [0.25, 0.3) is 5.91 Å². The lowest BCUT2D eigenvalue weighted by atomic mass is 9.98. The first-order valence-corrected chi connectivity index (χ1v) is 9.82. The second kappa shape index (κ2) is 8.90. The first kappa shape index (κ1) is 19.2. The molecule has 0 spiro atoms. The molecule has 1 amide bonds. The number of benzene rings is 2. The van der Waals surface area contributed by atoms with E-state index in [1.807, 2.05) is 41.3 Å². The highest BCUT2D eigenvalue weighted by Crippen LogP contribution is 2.27. The first-order chi connectivity index (χ1) is 14.2. The first-order valence-electron chi connectivity index (χ1n) is 9.82. The van der Waals surface area contributed by atoms with E-state index < -0.39 is 0 Å². The minimum absolute atomic E-state index is 0.0210. The molecule has 5 nitrogen and oxygen atoms in total. The van der Waals surface area contributed by atoms with Gasteiger partial charge >= 0.3 is 0 Å². The highest BCUT2D eigenvalue weighted by atomic mass is 19.1. The van der Waals surface area contributed by atoms with Gasteiger partial charge in [0.1, 0.15) is 17.3 Å². The van der Waals surface area contributed by atoms with E-state index in [1.165, 1.54) is 12.1 Å². The second-order valence-corrected chi connectivity index (χ2v) is 7.25. The van der Waals surface area contributed by atoms with Crippen molar-refractivity contribution in [1.82, 2.24) is 9.88 Å². The number of nitrogens with zero attached hydrogens (tertiary/aromatic N) is 2. The van der Waals surface area contributed by atoms with Crippen LogP contribution >= 0.6 is 0 Å². The maximum atomic E-state index is 13.4. The third-order valence-corrected chi connectivity index (χ3v) is 5.07. The molecule has 6 heteroatoms. The lowest BCUT2D eigenvalue weighted by Crippen LogP contribution is -2.41. The van der Waals surface area contributed by atoms with Crippen LogP contribution in [0.5, 0.6) is 5.75 Å². The van der Waals surface area contributed by atoms with Gasteiger partial charge in [0.15, 0.2) is 12.5 Å². The van der Waals surface area contributed by atoms with Gasteiger partial charge in [0, 0.05) is 19.5 Å². The Morgan fingerprint density at radius 3 is 2.90 bits per heavy atom. The van der Waals surface area contributed by atoms with E-state index in [0.717, 1.165) is 18.4 Å². The quantitative estimate of drug-likeness (QED) is 0.629. The Morgan fingerprint density at radius 1 is 1.21 bits per heavy atom. The number of aromatic nitrogens is 1. The number of amides is 1. The number of carbonyl (C=O) groups is 1. The average molecular weight is 394 g/mol. The summed E-state index contributed by atoms with van der Waals surface area (Å²) in [5.41, 5.74) is 0.839. The fourth-order valence-electron chi connectivity index (χ4n) is 3.60. The predicted octanol–water partition coefficient (Wildman–Crippen LogP) is 4.19. The van der Waals surface area contributed by atoms with Crippen LogP contribution in [0.25, 0.3) is 0 Å². The van der Waals surface area contributed by atoms with E-state index in [4.69, 9.17) is 9.15 Å². The number of oxazole rings is 1. The maximum absolute atomic E-state index is 13.4. The van der Waals surface area contributed by atoms with Crippen molar-refractivity contribution in [3.8, 4) is 5.75 Å². The number of carbonyl (C=O) groups excluding carboxylic acids is 1. The minimum Gasteiger partial charge on any atom is -0.484 e. The molecule has 4 rings (SSSR count). The van der Waals surface area contributed by atoms with Crippen molar-refractivity contribution >= 4 is 5.91 Å². The largest absolute Gasteiger partial charge is 0.484 e. The molecule has 1 fully saturated rings. The summed E-state index contributed by atoms with van der Waals surface area (Å²) >= 11 is 0. The van der Waals surface area contributed by atoms with E-state index in [0.29, 0.717) is 36.9 Å². The maximum Gasteiger partial charge on any atom is 0.260 e. The van der Waals surface area contributed by atoms with Crippen molar-refractivity contribution in [2.24, 2.45) is 0 Å². The topological polar surface area (TPSA) is 55.6 Å². The van der Waals surface area contributed by atoms with Gasteiger partial charge in [-0.2, -0.15) is 0 Å². The average Bonchev–Trinajstić information content (AvgIpc) is 3.21. The third kappa shape index (κ3) is 5.02. The van der Waals surface area contributed by atoms with Crippen LogP contribution in [0.1, 0.15) is 36.0 Å². The van der Waals surface area contributed by atoms with Gasteiger partial charge in [0.05, 0.1) is 12.1 Å². The molecule has 1 atom stereocenters. The van der Waals surface area contributed by atoms with E-state index >= 15 is 0 Å². The highest BCUT2D eigenvalue weighted by molar-refractivity contribution is 5.78. The summed E-state index contributed by atoms with van der Waals surface area (Å²) in [6, 6.07) is 15.8. The van der Waals surface area contributed by atoms with Crippen molar-refractivity contribution < 1.29 is 18.3 Å². The van der Waals surface area contributed by atoms with Crippen molar-refractivity contribution in [1.29, 1.82) is 0 Å². The molecular formula is C23H23FN2O3. The molecule has 0 radical (unpaired) electrons. The van der Waals surface area contributed by atoms with Crippen LogP contribution in [0, 0.1) is 5.82 Å². The van der Waals surface area contributed by atoms with Crippen molar-refractivity contribution in [2.75, 3.05) is 19.7 Å². The molecule has 1 aliphatic heterocycles. The van der Waals surface area contributed by atoms with E-state index in [-0.39, 0.29) is 24.2 Å². The molecule has 0 N–H and O–H groups in total. The Balaban J connectivity index is 1.34. The standard InChI is InChI=1S/C23H23FN2O3/c24-19-8-4-6-17(12-19)13-21-14-25-23(29-21)18-7-5-11-26(15-18)22(27)16-28-20-9-2-1-3-10-20/h1-4,6,8-10,12,14,18H,5,7,11,13,15-16H2/t18-/m1/s1. The lowest BCUT2D eigenvalue weighted by Gasteiger charge is -2.31. The number of likely N-dealkylation sites (tertiary alicyclic amines) is 1. The number of ether oxygens (including phenoxy) is 1. The van der Waals surface area contributed by atoms with Gasteiger partial charge in [0.2, 0.25) is 0 Å². The molecule has 1 aromatic heterocycles. The number of para-hydroxylation sites is 1. The van der Waals surface area contributed by atoms with Gasteiger partial charge in [-0.25, -0.2) is 9.37 Å². The molecule has 2 heterocycles. The Labute approximate surface area is 169 Å². The van der Waals surface area contributed by atoms with Crippen LogP contribution in [0.15, 0.2) is 65.2 Å². The number of hydrogen-bond donors (Lipinski definition) is 0. The summed E-state index contributed by atoms with van der Waals surface area (Å²) in [5, 5.41) is 0. The normalized spacial score (nSPS) is 16.6. The lowest BCUT2D eigenvalue weighted by molar-refractivity contribution is -0.134. The molecule has 0 bridgehead atoms. The molecule has 0 unspecified atom stereocenters. The van der Waals surface area contributed by atoms with Crippen LogP contribution in [0.3, 0.4) is 0 Å². The molecule has 0 aliphatic carbocycles. The van der Waals surface area contributed by atoms with Crippen molar-refractivity contribution in [3.63, 3.8) is 0 Å². The van der Waals surface area contributed by atoms with Crippen LogP contribution in [-0.4, -0.2) is 35.5 Å². The summed E-state index contributed by atoms with van der Waals surface area (Å²) in [6.07, 6.45) is 4.00. The Bertz CT molecular complexity index is 958. The number of hydrogen-bond acceptors (Lipinski definition) is 4. The summed E-state index contributed by atoms with van der Waals surface area (Å²) in [4.78, 5) is 18.8. The van der Waals surface area contributed by atoms with Gasteiger partial charge in [-0.1, -0.05) is 30.3 Å². The summed E-state index contributed by atoms with van der Waals surface area (Å²) in [7, 11) is 0. The Hall–Kier alpha value is -3.15. The van der Waals surface area contributed by atoms with Gasteiger partial charge in [-0.3, -0.25) is 4.79 Å². The van der Waals surface area contributed by atoms with Crippen LogP contribution in [-0.2, 0) is 11.2 Å². The van der Waals surface area contributed by atoms with Crippen LogP contribution < -0.4 is 4.74 Å². The molecule has 2 aromatic carbocycles. The third-order valence-electron chi connectivity index (χ3n) is 5.07. The molecule has 3 aromatic rings. The predicted molar refractivity (Wildman–Crippen MR) is 106 cm³/mol. The summed E-state index contributed by atoms with van der Waals surface area (Å²) in [6.45, 7) is 1.30. The molecule has 29 heavy (non-hydrogen) atoms. The van der Waals surface area contributed by atoms with Gasteiger partial charge in [-0.15, -0.1) is 0 Å². The van der Waals surface area contributed by atoms with Crippen LogP contribution in [0.2, 0.25) is 0 Å². The van der Waals surface area contributed by atoms with Crippen molar-refractivity contribution in [3.05, 3.63) is 83.8 Å². The van der Waals surface area contributed by atoms with Crippen LogP contribution in [0.4, 0.5) is 4.39 Å². The van der Waals surface area contributed by atoms with E-state index in [2.05, 4.69) is 4.98 Å². The number of rotatable bonds is 6. The fourth-order valence-corrected chi connectivity index (χ4v) is 3.60. The zero-order valence-electron chi connectivity index (χ0n) is 16.1. The minimum atomic E-state index is -0.263. The summed E-state index contributed by atoms with van der Waals surface area (Å²) in [5.74, 6) is 1.78. The Kier molecular flexibility index (Phi) is 5.89.